The molecule has 5 nitrogen and oxygen atoms in total. The van der Waals surface area contributed by atoms with Crippen LogP contribution in [-0.2, 0) is 11.3 Å². The number of aromatic nitrogens is 2. The fraction of sp³-hybridized carbons (Fsp3) is 0.190. The number of rotatable bonds is 5. The van der Waals surface area contributed by atoms with E-state index in [-0.39, 0.29) is 18.0 Å². The van der Waals surface area contributed by atoms with Gasteiger partial charge in [0.05, 0.1) is 5.69 Å². The maximum atomic E-state index is 12.6. The van der Waals surface area contributed by atoms with Gasteiger partial charge in [-0.05, 0) is 37.3 Å². The number of thioether (sulfide) groups is 1. The van der Waals surface area contributed by atoms with Crippen molar-refractivity contribution in [3.8, 4) is 11.3 Å². The van der Waals surface area contributed by atoms with Crippen molar-refractivity contribution in [1.29, 1.82) is 0 Å². The minimum Gasteiger partial charge on any atom is -0.324 e. The quantitative estimate of drug-likeness (QED) is 0.540. The molecule has 0 unspecified atom stereocenters. The molecule has 1 N–H and O–H groups in total. The first-order valence-corrected chi connectivity index (χ1v) is 9.79. The lowest BCUT2D eigenvalue weighted by atomic mass is 10.1. The molecule has 0 saturated carbocycles. The molecule has 1 heterocycles. The van der Waals surface area contributed by atoms with Crippen molar-refractivity contribution >= 4 is 23.4 Å². The highest BCUT2D eigenvalue weighted by Gasteiger charge is 2.13. The number of hydrogen-bond acceptors (Lipinski definition) is 4. The average Bonchev–Trinajstić information content (AvgIpc) is 2.66. The van der Waals surface area contributed by atoms with E-state index in [1.807, 2.05) is 68.6 Å². The van der Waals surface area contributed by atoms with E-state index in [9.17, 15) is 9.59 Å². The van der Waals surface area contributed by atoms with Crippen molar-refractivity contribution in [3.05, 3.63) is 76.1 Å². The maximum Gasteiger partial charge on any atom is 0.255 e. The Morgan fingerprint density at radius 2 is 1.85 bits per heavy atom. The fourth-order valence-corrected chi connectivity index (χ4v) is 3.31. The Hall–Kier alpha value is -2.86. The summed E-state index contributed by atoms with van der Waals surface area (Å²) in [5, 5.41) is 3.40. The third kappa shape index (κ3) is 4.46. The van der Waals surface area contributed by atoms with Crippen LogP contribution in [0.15, 0.2) is 64.5 Å². The Balaban J connectivity index is 1.87. The zero-order valence-electron chi connectivity index (χ0n) is 15.5. The van der Waals surface area contributed by atoms with Gasteiger partial charge < -0.3 is 5.32 Å². The Kier molecular flexibility index (Phi) is 5.76. The highest BCUT2D eigenvalue weighted by Crippen LogP contribution is 2.19. The first-order chi connectivity index (χ1) is 13.0. The van der Waals surface area contributed by atoms with E-state index < -0.39 is 0 Å². The van der Waals surface area contributed by atoms with Crippen LogP contribution in [-0.4, -0.2) is 21.7 Å². The molecule has 138 valence electrons. The fourth-order valence-electron chi connectivity index (χ4n) is 2.75. The van der Waals surface area contributed by atoms with Gasteiger partial charge in [-0.2, -0.15) is 0 Å². The zero-order valence-corrected chi connectivity index (χ0v) is 16.3. The molecular weight excluding hydrogens is 358 g/mol. The molecule has 1 amide bonds. The summed E-state index contributed by atoms with van der Waals surface area (Å²) in [5.74, 6) is -0.254. The Bertz CT molecular complexity index is 1030. The first kappa shape index (κ1) is 18.9. The number of nitrogens with zero attached hydrogens (tertiary/aromatic N) is 2. The molecular formula is C21H21N3O2S. The summed E-state index contributed by atoms with van der Waals surface area (Å²) in [4.78, 5) is 29.7. The molecule has 0 spiro atoms. The number of nitrogens with one attached hydrogen (secondary N) is 1. The summed E-state index contributed by atoms with van der Waals surface area (Å²) in [5.41, 5.74) is 4.03. The Morgan fingerprint density at radius 3 is 2.56 bits per heavy atom. The van der Waals surface area contributed by atoms with Gasteiger partial charge in [0.2, 0.25) is 5.91 Å². The topological polar surface area (TPSA) is 64.0 Å². The molecule has 1 aromatic heterocycles. The lowest BCUT2D eigenvalue weighted by Gasteiger charge is -2.13. The zero-order chi connectivity index (χ0) is 19.4. The molecule has 0 aliphatic carbocycles. The van der Waals surface area contributed by atoms with Crippen LogP contribution in [0.4, 0.5) is 5.69 Å². The molecule has 0 aliphatic rings. The van der Waals surface area contributed by atoms with Gasteiger partial charge >= 0.3 is 0 Å². The second kappa shape index (κ2) is 8.22. The van der Waals surface area contributed by atoms with Gasteiger partial charge in [0.15, 0.2) is 5.16 Å². The van der Waals surface area contributed by atoms with Crippen molar-refractivity contribution in [3.63, 3.8) is 0 Å². The van der Waals surface area contributed by atoms with Crippen LogP contribution in [0, 0.1) is 13.8 Å². The number of amides is 1. The van der Waals surface area contributed by atoms with E-state index in [2.05, 4.69) is 10.3 Å². The van der Waals surface area contributed by atoms with Crippen LogP contribution >= 0.6 is 11.8 Å². The minimum absolute atomic E-state index is 0.0789. The summed E-state index contributed by atoms with van der Waals surface area (Å²) in [6, 6.07) is 16.9. The third-order valence-electron chi connectivity index (χ3n) is 4.19. The highest BCUT2D eigenvalue weighted by atomic mass is 32.2. The second-order valence-corrected chi connectivity index (χ2v) is 7.06. The van der Waals surface area contributed by atoms with Crippen LogP contribution in [0.2, 0.25) is 0 Å². The van der Waals surface area contributed by atoms with Gasteiger partial charge in [0, 0.05) is 17.3 Å². The number of hydrogen-bond donors (Lipinski definition) is 1. The molecule has 2 aromatic carbocycles. The van der Waals surface area contributed by atoms with Crippen LogP contribution in [0.5, 0.6) is 0 Å². The second-order valence-electron chi connectivity index (χ2n) is 6.29. The van der Waals surface area contributed by atoms with E-state index in [0.717, 1.165) is 22.4 Å². The number of carbonyl (C=O) groups is 1. The molecule has 27 heavy (non-hydrogen) atoms. The van der Waals surface area contributed by atoms with E-state index in [1.165, 1.54) is 22.4 Å². The summed E-state index contributed by atoms with van der Waals surface area (Å²) >= 11 is 1.34. The van der Waals surface area contributed by atoms with Gasteiger partial charge in [0.1, 0.15) is 6.54 Å². The van der Waals surface area contributed by atoms with Crippen LogP contribution < -0.4 is 10.9 Å². The molecule has 0 fully saturated rings. The van der Waals surface area contributed by atoms with Gasteiger partial charge in [0.25, 0.3) is 5.56 Å². The predicted molar refractivity (Wildman–Crippen MR) is 110 cm³/mol. The molecule has 6 heteroatoms. The largest absolute Gasteiger partial charge is 0.324 e. The van der Waals surface area contributed by atoms with Crippen LogP contribution in [0.25, 0.3) is 11.3 Å². The predicted octanol–water partition coefficient (Wildman–Crippen LogP) is 3.89. The average molecular weight is 379 g/mol. The molecule has 0 atom stereocenters. The van der Waals surface area contributed by atoms with Crippen molar-refractivity contribution in [1.82, 2.24) is 9.55 Å². The van der Waals surface area contributed by atoms with Crippen molar-refractivity contribution in [2.75, 3.05) is 11.6 Å². The van der Waals surface area contributed by atoms with Gasteiger partial charge in [-0.1, -0.05) is 54.2 Å². The monoisotopic (exact) mass is 379 g/mol. The van der Waals surface area contributed by atoms with Crippen molar-refractivity contribution in [2.24, 2.45) is 0 Å². The number of benzene rings is 2. The van der Waals surface area contributed by atoms with Crippen molar-refractivity contribution < 1.29 is 4.79 Å². The van der Waals surface area contributed by atoms with Gasteiger partial charge in [-0.25, -0.2) is 4.98 Å². The summed E-state index contributed by atoms with van der Waals surface area (Å²) in [6.07, 6.45) is 1.84. The SMILES string of the molecule is CSc1nc(-c2ccccc2)cc(=O)n1CC(=O)Nc1cc(C)ccc1C. The van der Waals surface area contributed by atoms with E-state index in [4.69, 9.17) is 0 Å². The smallest absolute Gasteiger partial charge is 0.255 e. The van der Waals surface area contributed by atoms with Crippen LogP contribution in [0.3, 0.4) is 0 Å². The molecule has 0 saturated heterocycles. The third-order valence-corrected chi connectivity index (χ3v) is 4.87. The molecule has 0 bridgehead atoms. The molecule has 3 aromatic rings. The Morgan fingerprint density at radius 1 is 1.11 bits per heavy atom. The van der Waals surface area contributed by atoms with E-state index >= 15 is 0 Å². The summed E-state index contributed by atoms with van der Waals surface area (Å²) < 4.78 is 1.40. The lowest BCUT2D eigenvalue weighted by molar-refractivity contribution is -0.116. The van der Waals surface area contributed by atoms with Crippen LogP contribution in [0.1, 0.15) is 11.1 Å². The standard InChI is InChI=1S/C21H21N3O2S/c1-14-9-10-15(2)17(11-14)22-19(25)13-24-20(26)12-18(23-21(24)27-3)16-7-5-4-6-8-16/h4-12H,13H2,1-3H3,(H,22,25). The summed E-state index contributed by atoms with van der Waals surface area (Å²) in [7, 11) is 0. The van der Waals surface area contributed by atoms with E-state index in [0.29, 0.717) is 10.9 Å². The number of anilines is 1. The lowest BCUT2D eigenvalue weighted by Crippen LogP contribution is -2.29. The summed E-state index contributed by atoms with van der Waals surface area (Å²) in [6.45, 7) is 3.83. The highest BCUT2D eigenvalue weighted by molar-refractivity contribution is 7.98. The minimum atomic E-state index is -0.254. The number of carbonyl (C=O) groups excluding carboxylic acids is 1. The van der Waals surface area contributed by atoms with E-state index in [1.54, 1.807) is 0 Å². The Labute approximate surface area is 162 Å². The molecule has 3 rings (SSSR count). The molecule has 0 aliphatic heterocycles. The van der Waals surface area contributed by atoms with Gasteiger partial charge in [-0.15, -0.1) is 0 Å². The number of aryl methyl sites for hydroxylation is 2. The maximum absolute atomic E-state index is 12.6. The normalized spacial score (nSPS) is 10.6. The van der Waals surface area contributed by atoms with Gasteiger partial charge in [-0.3, -0.25) is 14.2 Å². The first-order valence-electron chi connectivity index (χ1n) is 8.56. The molecule has 0 radical (unpaired) electrons. The van der Waals surface area contributed by atoms with Crippen molar-refractivity contribution in [2.45, 2.75) is 25.5 Å².